The minimum atomic E-state index is -3.67. The first-order chi connectivity index (χ1) is 9.82. The predicted molar refractivity (Wildman–Crippen MR) is 84.6 cm³/mol. The smallest absolute Gasteiger partial charge is 0.243 e. The maximum Gasteiger partial charge on any atom is 0.243 e. The Morgan fingerprint density at radius 1 is 1.29 bits per heavy atom. The molecule has 0 heterocycles. The lowest BCUT2D eigenvalue weighted by Gasteiger charge is -2.20. The number of benzene rings is 1. The highest BCUT2D eigenvalue weighted by Crippen LogP contribution is 2.23. The van der Waals surface area contributed by atoms with Crippen LogP contribution in [-0.2, 0) is 14.8 Å². The number of aryl methyl sites for hydroxylation is 1. The van der Waals surface area contributed by atoms with Gasteiger partial charge in [0.15, 0.2) is 0 Å². The van der Waals surface area contributed by atoms with E-state index in [2.05, 4.69) is 18.5 Å². The summed E-state index contributed by atoms with van der Waals surface area (Å²) in [6.07, 6.45) is 3.04. The van der Waals surface area contributed by atoms with E-state index in [0.717, 1.165) is 0 Å². The molecule has 1 rings (SSSR count). The van der Waals surface area contributed by atoms with Gasteiger partial charge in [-0.25, -0.2) is 8.42 Å². The summed E-state index contributed by atoms with van der Waals surface area (Å²) in [5, 5.41) is 2.59. The molecule has 0 aliphatic heterocycles. The molecule has 5 nitrogen and oxygen atoms in total. The lowest BCUT2D eigenvalue weighted by molar-refractivity contribution is -0.114. The normalized spacial score (nSPS) is 11.2. The number of hydrogen-bond donors (Lipinski definition) is 1. The van der Waals surface area contributed by atoms with Crippen LogP contribution >= 0.6 is 0 Å². The number of nitrogens with zero attached hydrogens (tertiary/aromatic N) is 1. The van der Waals surface area contributed by atoms with Crippen LogP contribution in [0.5, 0.6) is 0 Å². The zero-order valence-electron chi connectivity index (χ0n) is 12.3. The van der Waals surface area contributed by atoms with Crippen molar-refractivity contribution in [1.82, 2.24) is 4.31 Å². The summed E-state index contributed by atoms with van der Waals surface area (Å²) in [5.41, 5.74) is 1.06. The van der Waals surface area contributed by atoms with Crippen molar-refractivity contribution in [2.75, 3.05) is 18.4 Å². The fraction of sp³-hybridized carbons (Fsp3) is 0.267. The summed E-state index contributed by atoms with van der Waals surface area (Å²) in [4.78, 5) is 11.3. The lowest BCUT2D eigenvalue weighted by Crippen LogP contribution is -2.32. The van der Waals surface area contributed by atoms with Gasteiger partial charge in [-0.2, -0.15) is 4.31 Å². The molecule has 21 heavy (non-hydrogen) atoms. The van der Waals surface area contributed by atoms with Crippen LogP contribution in [0.4, 0.5) is 5.69 Å². The third-order valence-electron chi connectivity index (χ3n) is 2.79. The molecule has 1 aromatic carbocycles. The van der Waals surface area contributed by atoms with Crippen molar-refractivity contribution in [3.63, 3.8) is 0 Å². The third-order valence-corrected chi connectivity index (χ3v) is 4.77. The van der Waals surface area contributed by atoms with Crippen LogP contribution in [-0.4, -0.2) is 31.7 Å². The highest BCUT2D eigenvalue weighted by Gasteiger charge is 2.24. The maximum atomic E-state index is 12.7. The largest absolute Gasteiger partial charge is 0.326 e. The molecule has 0 radical (unpaired) electrons. The molecule has 0 spiro atoms. The molecule has 0 unspecified atom stereocenters. The molecule has 0 saturated carbocycles. The second-order valence-corrected chi connectivity index (χ2v) is 6.47. The Hall–Kier alpha value is -1.92. The number of amides is 1. The molecule has 0 saturated heterocycles. The van der Waals surface area contributed by atoms with Crippen molar-refractivity contribution in [3.8, 4) is 0 Å². The molecule has 114 valence electrons. The van der Waals surface area contributed by atoms with Crippen LogP contribution in [0.3, 0.4) is 0 Å². The Bertz CT molecular complexity index is 641. The van der Waals surface area contributed by atoms with Crippen LogP contribution in [0.2, 0.25) is 0 Å². The van der Waals surface area contributed by atoms with Gasteiger partial charge in [0.25, 0.3) is 0 Å². The van der Waals surface area contributed by atoms with Crippen LogP contribution < -0.4 is 5.32 Å². The third kappa shape index (κ3) is 4.27. The standard InChI is InChI=1S/C15H20N2O3S/c1-5-9-17(10-6-2)21(19,20)15-11-14(16-13(4)18)8-7-12(15)3/h5-8,11H,1-2,9-10H2,3-4H3,(H,16,18). The molecule has 0 atom stereocenters. The van der Waals surface area contributed by atoms with Crippen molar-refractivity contribution >= 4 is 21.6 Å². The number of anilines is 1. The number of nitrogens with one attached hydrogen (secondary N) is 1. The van der Waals surface area contributed by atoms with Gasteiger partial charge < -0.3 is 5.32 Å². The molecule has 0 bridgehead atoms. The molecule has 1 amide bonds. The van der Waals surface area contributed by atoms with Gasteiger partial charge in [0.1, 0.15) is 0 Å². The molecular formula is C15H20N2O3S. The minimum absolute atomic E-state index is 0.164. The van der Waals surface area contributed by atoms with Crippen LogP contribution in [0.25, 0.3) is 0 Å². The summed E-state index contributed by atoms with van der Waals surface area (Å²) < 4.78 is 26.6. The van der Waals surface area contributed by atoms with Crippen molar-refractivity contribution < 1.29 is 13.2 Å². The number of hydrogen-bond acceptors (Lipinski definition) is 3. The van der Waals surface area contributed by atoms with E-state index in [9.17, 15) is 13.2 Å². The Morgan fingerprint density at radius 2 is 1.86 bits per heavy atom. The number of sulfonamides is 1. The summed E-state index contributed by atoms with van der Waals surface area (Å²) in [6.45, 7) is 10.6. The zero-order valence-corrected chi connectivity index (χ0v) is 13.1. The van der Waals surface area contributed by atoms with E-state index in [1.54, 1.807) is 19.1 Å². The first-order valence-electron chi connectivity index (χ1n) is 6.43. The summed E-state index contributed by atoms with van der Waals surface area (Å²) in [7, 11) is -3.67. The fourth-order valence-electron chi connectivity index (χ4n) is 1.86. The fourth-order valence-corrected chi connectivity index (χ4v) is 3.49. The molecule has 1 N–H and O–H groups in total. The Balaban J connectivity index is 3.30. The van der Waals surface area contributed by atoms with E-state index < -0.39 is 10.0 Å². The predicted octanol–water partition coefficient (Wildman–Crippen LogP) is 2.32. The average molecular weight is 308 g/mol. The molecule has 1 aromatic rings. The number of carbonyl (C=O) groups excluding carboxylic acids is 1. The Kier molecular flexibility index (Phi) is 5.87. The van der Waals surface area contributed by atoms with Crippen molar-refractivity contribution in [3.05, 3.63) is 49.1 Å². The second-order valence-electron chi connectivity index (χ2n) is 4.56. The van der Waals surface area contributed by atoms with Crippen LogP contribution in [0, 0.1) is 6.92 Å². The number of carbonyl (C=O) groups is 1. The Labute approximate surface area is 126 Å². The van der Waals surface area contributed by atoms with E-state index >= 15 is 0 Å². The lowest BCUT2D eigenvalue weighted by atomic mass is 10.2. The van der Waals surface area contributed by atoms with Crippen molar-refractivity contribution in [2.24, 2.45) is 0 Å². The highest BCUT2D eigenvalue weighted by atomic mass is 32.2. The zero-order chi connectivity index (χ0) is 16.0. The van der Waals surface area contributed by atoms with Gasteiger partial charge >= 0.3 is 0 Å². The molecule has 0 aromatic heterocycles. The van der Waals surface area contributed by atoms with Gasteiger partial charge in [0, 0.05) is 25.7 Å². The van der Waals surface area contributed by atoms with Gasteiger partial charge in [-0.1, -0.05) is 18.2 Å². The van der Waals surface area contributed by atoms with E-state index in [4.69, 9.17) is 0 Å². The van der Waals surface area contributed by atoms with E-state index in [1.807, 2.05) is 0 Å². The molecule has 0 aliphatic rings. The van der Waals surface area contributed by atoms with Crippen molar-refractivity contribution in [1.29, 1.82) is 0 Å². The highest BCUT2D eigenvalue weighted by molar-refractivity contribution is 7.89. The van der Waals surface area contributed by atoms with Crippen LogP contribution in [0.1, 0.15) is 12.5 Å². The van der Waals surface area contributed by atoms with Gasteiger partial charge in [-0.05, 0) is 24.6 Å². The Morgan fingerprint density at radius 3 is 2.33 bits per heavy atom. The van der Waals surface area contributed by atoms with E-state index in [-0.39, 0.29) is 23.9 Å². The molecule has 0 fully saturated rings. The minimum Gasteiger partial charge on any atom is -0.326 e. The molecule has 6 heteroatoms. The topological polar surface area (TPSA) is 66.5 Å². The van der Waals surface area contributed by atoms with Gasteiger partial charge in [0.2, 0.25) is 15.9 Å². The first-order valence-corrected chi connectivity index (χ1v) is 7.87. The number of rotatable bonds is 7. The second kappa shape index (κ2) is 7.19. The first kappa shape index (κ1) is 17.1. The van der Waals surface area contributed by atoms with Gasteiger partial charge in [-0.3, -0.25) is 4.79 Å². The van der Waals surface area contributed by atoms with Crippen LogP contribution in [0.15, 0.2) is 48.4 Å². The summed E-state index contributed by atoms with van der Waals surface area (Å²) in [6, 6.07) is 4.80. The molecular weight excluding hydrogens is 288 g/mol. The SMILES string of the molecule is C=CCN(CC=C)S(=O)(=O)c1cc(NC(C)=O)ccc1C. The average Bonchev–Trinajstić information content (AvgIpc) is 2.40. The van der Waals surface area contributed by atoms with E-state index in [0.29, 0.717) is 11.3 Å². The van der Waals surface area contributed by atoms with E-state index in [1.165, 1.54) is 29.4 Å². The quantitative estimate of drug-likeness (QED) is 0.786. The summed E-state index contributed by atoms with van der Waals surface area (Å²) >= 11 is 0. The van der Waals surface area contributed by atoms with Gasteiger partial charge in [-0.15, -0.1) is 13.2 Å². The summed E-state index contributed by atoms with van der Waals surface area (Å²) in [5.74, 6) is -0.253. The monoisotopic (exact) mass is 308 g/mol. The molecule has 0 aliphatic carbocycles. The van der Waals surface area contributed by atoms with Gasteiger partial charge in [0.05, 0.1) is 4.90 Å². The van der Waals surface area contributed by atoms with Crippen molar-refractivity contribution in [2.45, 2.75) is 18.7 Å². The maximum absolute atomic E-state index is 12.7.